The van der Waals surface area contributed by atoms with E-state index in [0.29, 0.717) is 22.6 Å². The van der Waals surface area contributed by atoms with Gasteiger partial charge in [-0.25, -0.2) is 5.43 Å². The molecule has 0 bridgehead atoms. The standard InChI is InChI=1S/C24H28N4O5/c1-32-18-12-13-21(33-2)16(14-18)15-25-28-24(31)23(30)27-20-11-7-6-10-19(20)22(29)26-17-8-4-3-5-9-17/h6-7,10-15,17H,3-5,8-9H2,1-2H3,(H,26,29)(H,27,30)(H,28,31)/b25-15+. The van der Waals surface area contributed by atoms with Gasteiger partial charge in [-0.05, 0) is 43.2 Å². The van der Waals surface area contributed by atoms with Crippen molar-refractivity contribution in [2.24, 2.45) is 5.10 Å². The molecule has 0 atom stereocenters. The van der Waals surface area contributed by atoms with Crippen LogP contribution in [0, 0.1) is 0 Å². The Bertz CT molecular complexity index is 1030. The lowest BCUT2D eigenvalue weighted by Crippen LogP contribution is -2.37. The van der Waals surface area contributed by atoms with Gasteiger partial charge in [0.25, 0.3) is 5.91 Å². The average molecular weight is 453 g/mol. The number of hydrogen-bond acceptors (Lipinski definition) is 6. The molecule has 3 rings (SSSR count). The lowest BCUT2D eigenvalue weighted by Gasteiger charge is -2.23. The van der Waals surface area contributed by atoms with Crippen LogP contribution in [0.2, 0.25) is 0 Å². The van der Waals surface area contributed by atoms with Crippen LogP contribution < -0.4 is 25.5 Å². The van der Waals surface area contributed by atoms with Gasteiger partial charge in [0, 0.05) is 11.6 Å². The summed E-state index contributed by atoms with van der Waals surface area (Å²) in [5.74, 6) is -1.08. The quantitative estimate of drug-likeness (QED) is 0.339. The molecule has 33 heavy (non-hydrogen) atoms. The first-order valence-electron chi connectivity index (χ1n) is 10.8. The van der Waals surface area contributed by atoms with Crippen LogP contribution in [0.25, 0.3) is 0 Å². The van der Waals surface area contributed by atoms with Gasteiger partial charge in [0.05, 0.1) is 31.7 Å². The van der Waals surface area contributed by atoms with Gasteiger partial charge in [-0.2, -0.15) is 5.10 Å². The maximum atomic E-state index is 12.7. The lowest BCUT2D eigenvalue weighted by molar-refractivity contribution is -0.136. The highest BCUT2D eigenvalue weighted by Gasteiger charge is 2.20. The summed E-state index contributed by atoms with van der Waals surface area (Å²) in [6.07, 6.45) is 6.59. The van der Waals surface area contributed by atoms with E-state index in [9.17, 15) is 14.4 Å². The fourth-order valence-electron chi connectivity index (χ4n) is 3.63. The molecule has 1 aliphatic rings. The molecular weight excluding hydrogens is 424 g/mol. The number of anilines is 1. The predicted octanol–water partition coefficient (Wildman–Crippen LogP) is 2.86. The Morgan fingerprint density at radius 2 is 1.73 bits per heavy atom. The van der Waals surface area contributed by atoms with Crippen molar-refractivity contribution in [2.45, 2.75) is 38.1 Å². The Hall–Kier alpha value is -3.88. The van der Waals surface area contributed by atoms with Crippen LogP contribution in [0.1, 0.15) is 48.0 Å². The Labute approximate surface area is 192 Å². The largest absolute Gasteiger partial charge is 0.497 e. The number of ether oxygens (including phenoxy) is 2. The van der Waals surface area contributed by atoms with E-state index < -0.39 is 11.8 Å². The summed E-state index contributed by atoms with van der Waals surface area (Å²) in [4.78, 5) is 37.3. The highest BCUT2D eigenvalue weighted by molar-refractivity contribution is 6.40. The number of nitrogens with zero attached hydrogens (tertiary/aromatic N) is 1. The van der Waals surface area contributed by atoms with Crippen molar-refractivity contribution in [2.75, 3.05) is 19.5 Å². The molecule has 1 saturated carbocycles. The van der Waals surface area contributed by atoms with Crippen molar-refractivity contribution < 1.29 is 23.9 Å². The molecule has 1 aliphatic carbocycles. The normalized spacial score (nSPS) is 13.9. The van der Waals surface area contributed by atoms with Crippen molar-refractivity contribution in [1.29, 1.82) is 0 Å². The first-order chi connectivity index (χ1) is 16.0. The van der Waals surface area contributed by atoms with Crippen molar-refractivity contribution in [3.8, 4) is 11.5 Å². The summed E-state index contributed by atoms with van der Waals surface area (Å²) in [5.41, 5.74) is 3.29. The number of benzene rings is 2. The fourth-order valence-corrected chi connectivity index (χ4v) is 3.63. The smallest absolute Gasteiger partial charge is 0.329 e. The molecule has 0 aliphatic heterocycles. The molecule has 2 aromatic rings. The van der Waals surface area contributed by atoms with Gasteiger partial charge in [-0.1, -0.05) is 31.4 Å². The van der Waals surface area contributed by atoms with E-state index in [0.717, 1.165) is 25.7 Å². The molecule has 9 nitrogen and oxygen atoms in total. The Kier molecular flexibility index (Phi) is 8.40. The zero-order valence-electron chi connectivity index (χ0n) is 18.7. The first kappa shape index (κ1) is 23.8. The van der Waals surface area contributed by atoms with Gasteiger partial charge < -0.3 is 20.1 Å². The zero-order chi connectivity index (χ0) is 23.6. The van der Waals surface area contributed by atoms with Crippen LogP contribution in [0.3, 0.4) is 0 Å². The van der Waals surface area contributed by atoms with Gasteiger partial charge >= 0.3 is 11.8 Å². The molecule has 0 aromatic heterocycles. The minimum absolute atomic E-state index is 0.126. The molecule has 0 radical (unpaired) electrons. The molecule has 2 aromatic carbocycles. The average Bonchev–Trinajstić information content (AvgIpc) is 2.84. The van der Waals surface area contributed by atoms with E-state index in [1.54, 1.807) is 42.5 Å². The zero-order valence-corrected chi connectivity index (χ0v) is 18.7. The van der Waals surface area contributed by atoms with E-state index in [2.05, 4.69) is 21.2 Å². The van der Waals surface area contributed by atoms with E-state index >= 15 is 0 Å². The summed E-state index contributed by atoms with van der Waals surface area (Å²) < 4.78 is 10.4. The van der Waals surface area contributed by atoms with Crippen molar-refractivity contribution in [1.82, 2.24) is 10.7 Å². The third-order valence-electron chi connectivity index (χ3n) is 5.37. The molecule has 0 unspecified atom stereocenters. The molecule has 9 heteroatoms. The highest BCUT2D eigenvalue weighted by Crippen LogP contribution is 2.22. The van der Waals surface area contributed by atoms with Crippen LogP contribution >= 0.6 is 0 Å². The minimum Gasteiger partial charge on any atom is -0.497 e. The summed E-state index contributed by atoms with van der Waals surface area (Å²) in [7, 11) is 3.04. The van der Waals surface area contributed by atoms with Gasteiger partial charge in [0.15, 0.2) is 0 Å². The van der Waals surface area contributed by atoms with Crippen molar-refractivity contribution in [3.63, 3.8) is 0 Å². The monoisotopic (exact) mass is 452 g/mol. The van der Waals surface area contributed by atoms with Crippen LogP contribution in [-0.4, -0.2) is 44.2 Å². The third-order valence-corrected chi connectivity index (χ3v) is 5.37. The van der Waals surface area contributed by atoms with Gasteiger partial charge in [-0.3, -0.25) is 14.4 Å². The SMILES string of the molecule is COc1ccc(OC)c(/C=N/NC(=O)C(=O)Nc2ccccc2C(=O)NC2CCCCC2)c1. The van der Waals surface area contributed by atoms with E-state index in [4.69, 9.17) is 9.47 Å². The second kappa shape index (κ2) is 11.7. The molecule has 0 spiro atoms. The molecule has 0 heterocycles. The molecular formula is C24H28N4O5. The Morgan fingerprint density at radius 1 is 0.970 bits per heavy atom. The number of carbonyl (C=O) groups is 3. The van der Waals surface area contributed by atoms with Crippen LogP contribution in [0.4, 0.5) is 5.69 Å². The first-order valence-corrected chi connectivity index (χ1v) is 10.8. The lowest BCUT2D eigenvalue weighted by atomic mass is 9.95. The number of methoxy groups -OCH3 is 2. The van der Waals surface area contributed by atoms with Gasteiger partial charge in [-0.15, -0.1) is 0 Å². The van der Waals surface area contributed by atoms with Crippen LogP contribution in [0.5, 0.6) is 11.5 Å². The molecule has 1 fully saturated rings. The third kappa shape index (κ3) is 6.55. The molecule has 3 N–H and O–H groups in total. The Balaban J connectivity index is 1.61. The Morgan fingerprint density at radius 3 is 2.45 bits per heavy atom. The number of nitrogens with one attached hydrogen (secondary N) is 3. The summed E-state index contributed by atoms with van der Waals surface area (Å²) in [5, 5.41) is 9.32. The van der Waals surface area contributed by atoms with Gasteiger partial charge in [0.2, 0.25) is 0 Å². The number of amides is 3. The molecule has 3 amide bonds. The predicted molar refractivity (Wildman–Crippen MR) is 125 cm³/mol. The molecule has 0 saturated heterocycles. The minimum atomic E-state index is -0.976. The summed E-state index contributed by atoms with van der Waals surface area (Å²) in [6.45, 7) is 0. The van der Waals surface area contributed by atoms with E-state index in [-0.39, 0.29) is 17.6 Å². The van der Waals surface area contributed by atoms with E-state index in [1.165, 1.54) is 26.9 Å². The maximum Gasteiger partial charge on any atom is 0.329 e. The fraction of sp³-hybridized carbons (Fsp3) is 0.333. The second-order valence-electron chi connectivity index (χ2n) is 7.62. The van der Waals surface area contributed by atoms with Crippen LogP contribution in [-0.2, 0) is 9.59 Å². The van der Waals surface area contributed by atoms with Crippen molar-refractivity contribution >= 4 is 29.6 Å². The highest BCUT2D eigenvalue weighted by atomic mass is 16.5. The number of hydrogen-bond donors (Lipinski definition) is 3. The van der Waals surface area contributed by atoms with Crippen LogP contribution in [0.15, 0.2) is 47.6 Å². The summed E-state index contributed by atoms with van der Waals surface area (Å²) >= 11 is 0. The van der Waals surface area contributed by atoms with Crippen molar-refractivity contribution in [3.05, 3.63) is 53.6 Å². The summed E-state index contributed by atoms with van der Waals surface area (Å²) in [6, 6.07) is 11.8. The number of para-hydroxylation sites is 1. The number of hydrazone groups is 1. The molecule has 174 valence electrons. The maximum absolute atomic E-state index is 12.7. The van der Waals surface area contributed by atoms with Gasteiger partial charge in [0.1, 0.15) is 11.5 Å². The number of carbonyl (C=O) groups excluding carboxylic acids is 3. The topological polar surface area (TPSA) is 118 Å². The van der Waals surface area contributed by atoms with E-state index in [1.807, 2.05) is 0 Å². The number of rotatable bonds is 7. The second-order valence-corrected chi connectivity index (χ2v) is 7.62.